The van der Waals surface area contributed by atoms with Crippen LogP contribution in [0.4, 0.5) is 11.8 Å². The summed E-state index contributed by atoms with van der Waals surface area (Å²) in [4.78, 5) is 7.97. The normalized spacial score (nSPS) is 10.1. The van der Waals surface area contributed by atoms with Gasteiger partial charge >= 0.3 is 0 Å². The van der Waals surface area contributed by atoms with Crippen molar-refractivity contribution >= 4 is 34.4 Å². The molecule has 2 aromatic rings. The summed E-state index contributed by atoms with van der Waals surface area (Å²) >= 11 is 2.19. The number of anilines is 2. The second-order valence-electron chi connectivity index (χ2n) is 3.73. The smallest absolute Gasteiger partial charge is 0.222 e. The summed E-state index contributed by atoms with van der Waals surface area (Å²) in [5.74, 6) is 0.180. The van der Waals surface area contributed by atoms with Gasteiger partial charge in [-0.05, 0) is 41.1 Å². The van der Waals surface area contributed by atoms with Crippen molar-refractivity contribution in [2.24, 2.45) is 0 Å². The number of nitriles is 1. The minimum atomic E-state index is 0.0700. The van der Waals surface area contributed by atoms with E-state index in [1.807, 2.05) is 31.2 Å². The van der Waals surface area contributed by atoms with Gasteiger partial charge in [-0.1, -0.05) is 12.1 Å². The lowest BCUT2D eigenvalue weighted by Gasteiger charge is -2.11. The van der Waals surface area contributed by atoms with Crippen LogP contribution in [0.15, 0.2) is 18.2 Å². The second-order valence-corrected chi connectivity index (χ2v) is 4.90. The molecule has 2 rings (SSSR count). The number of hydrogen-bond donors (Lipinski definition) is 2. The molecular formula is C12H10IN5. The van der Waals surface area contributed by atoms with E-state index < -0.39 is 0 Å². The van der Waals surface area contributed by atoms with Gasteiger partial charge in [0.15, 0.2) is 0 Å². The van der Waals surface area contributed by atoms with Crippen molar-refractivity contribution in [3.05, 3.63) is 32.9 Å². The fraction of sp³-hybridized carbons (Fsp3) is 0.0833. The average molecular weight is 351 g/mol. The van der Waals surface area contributed by atoms with Crippen LogP contribution in [0, 0.1) is 21.8 Å². The number of rotatable bonds is 1. The number of nitrogens with two attached hydrogens (primary N) is 2. The van der Waals surface area contributed by atoms with Gasteiger partial charge in [0.2, 0.25) is 5.95 Å². The Morgan fingerprint density at radius 1 is 1.28 bits per heavy atom. The van der Waals surface area contributed by atoms with Gasteiger partial charge in [-0.25, -0.2) is 4.98 Å². The monoisotopic (exact) mass is 351 g/mol. The Bertz CT molecular complexity index is 640. The van der Waals surface area contributed by atoms with Gasteiger partial charge in [0.25, 0.3) is 0 Å². The molecule has 18 heavy (non-hydrogen) atoms. The van der Waals surface area contributed by atoms with Crippen LogP contribution >= 0.6 is 22.6 Å². The quantitative estimate of drug-likeness (QED) is 0.766. The van der Waals surface area contributed by atoms with Crippen LogP contribution in [-0.4, -0.2) is 9.97 Å². The summed E-state index contributed by atoms with van der Waals surface area (Å²) < 4.78 is 0.988. The molecule has 1 aromatic heterocycles. The first-order valence-electron chi connectivity index (χ1n) is 5.13. The molecule has 0 amide bonds. The molecule has 0 saturated carbocycles. The number of aromatic nitrogens is 2. The van der Waals surface area contributed by atoms with Gasteiger partial charge < -0.3 is 11.5 Å². The van der Waals surface area contributed by atoms with Gasteiger partial charge in [-0.2, -0.15) is 10.2 Å². The molecule has 0 aliphatic rings. The summed E-state index contributed by atoms with van der Waals surface area (Å²) in [7, 11) is 0. The van der Waals surface area contributed by atoms with E-state index in [0.717, 1.165) is 14.7 Å². The standard InChI is InChI=1S/C12H10IN5/c1-6-3-2-4-8(13)9(6)10-7(5-14)11(15)18-12(16)17-10/h2-4H,1H3,(H4,15,16,17,18). The molecule has 0 aliphatic heterocycles. The highest BCUT2D eigenvalue weighted by molar-refractivity contribution is 14.1. The summed E-state index contributed by atoms with van der Waals surface area (Å²) in [5.41, 5.74) is 14.0. The molecule has 0 atom stereocenters. The first kappa shape index (κ1) is 12.6. The highest BCUT2D eigenvalue weighted by atomic mass is 127. The SMILES string of the molecule is Cc1cccc(I)c1-c1nc(N)nc(N)c1C#N. The molecule has 90 valence electrons. The summed E-state index contributed by atoms with van der Waals surface area (Å²) in [5, 5.41) is 9.18. The third-order valence-corrected chi connectivity index (χ3v) is 3.42. The van der Waals surface area contributed by atoms with Crippen LogP contribution in [0.25, 0.3) is 11.3 Å². The topological polar surface area (TPSA) is 102 Å². The van der Waals surface area contributed by atoms with Crippen LogP contribution in [-0.2, 0) is 0 Å². The van der Waals surface area contributed by atoms with Gasteiger partial charge in [0.1, 0.15) is 17.5 Å². The van der Waals surface area contributed by atoms with Gasteiger partial charge in [0, 0.05) is 9.13 Å². The Morgan fingerprint density at radius 3 is 2.61 bits per heavy atom. The zero-order valence-electron chi connectivity index (χ0n) is 9.61. The van der Waals surface area contributed by atoms with E-state index in [4.69, 9.17) is 11.5 Å². The molecule has 4 N–H and O–H groups in total. The molecule has 0 fully saturated rings. The average Bonchev–Trinajstić information content (AvgIpc) is 2.28. The van der Waals surface area contributed by atoms with Crippen molar-refractivity contribution < 1.29 is 0 Å². The molecule has 0 radical (unpaired) electrons. The number of nitrogens with zero attached hydrogens (tertiary/aromatic N) is 3. The largest absolute Gasteiger partial charge is 0.382 e. The minimum absolute atomic E-state index is 0.0700. The lowest BCUT2D eigenvalue weighted by molar-refractivity contribution is 1.17. The maximum absolute atomic E-state index is 9.18. The first-order chi connectivity index (χ1) is 8.54. The molecule has 0 unspecified atom stereocenters. The number of aryl methyl sites for hydroxylation is 1. The zero-order valence-corrected chi connectivity index (χ0v) is 11.8. The van der Waals surface area contributed by atoms with E-state index in [1.165, 1.54) is 0 Å². The maximum atomic E-state index is 9.18. The second kappa shape index (κ2) is 4.78. The van der Waals surface area contributed by atoms with E-state index in [0.29, 0.717) is 5.69 Å². The predicted molar refractivity (Wildman–Crippen MR) is 78.5 cm³/mol. The number of hydrogen-bond acceptors (Lipinski definition) is 5. The summed E-state index contributed by atoms with van der Waals surface area (Å²) in [6, 6.07) is 7.87. The Morgan fingerprint density at radius 2 is 2.00 bits per heavy atom. The fourth-order valence-electron chi connectivity index (χ4n) is 1.72. The van der Waals surface area contributed by atoms with Crippen LogP contribution in [0.1, 0.15) is 11.1 Å². The van der Waals surface area contributed by atoms with E-state index >= 15 is 0 Å². The van der Waals surface area contributed by atoms with Crippen molar-refractivity contribution in [1.82, 2.24) is 9.97 Å². The molecule has 1 heterocycles. The molecule has 6 heteroatoms. The fourth-order valence-corrected chi connectivity index (χ4v) is 2.61. The molecule has 5 nitrogen and oxygen atoms in total. The Labute approximate surface area is 118 Å². The summed E-state index contributed by atoms with van der Waals surface area (Å²) in [6.07, 6.45) is 0. The molecule has 0 spiro atoms. The lowest BCUT2D eigenvalue weighted by Crippen LogP contribution is -2.06. The van der Waals surface area contributed by atoms with Crippen molar-refractivity contribution in [3.63, 3.8) is 0 Å². The zero-order chi connectivity index (χ0) is 13.3. The van der Waals surface area contributed by atoms with E-state index in [1.54, 1.807) is 0 Å². The van der Waals surface area contributed by atoms with Crippen molar-refractivity contribution in [2.75, 3.05) is 11.5 Å². The maximum Gasteiger partial charge on any atom is 0.222 e. The van der Waals surface area contributed by atoms with E-state index in [9.17, 15) is 5.26 Å². The highest BCUT2D eigenvalue weighted by Crippen LogP contribution is 2.31. The molecule has 1 aromatic carbocycles. The lowest BCUT2D eigenvalue weighted by atomic mass is 10.0. The van der Waals surface area contributed by atoms with E-state index in [-0.39, 0.29) is 17.3 Å². The van der Waals surface area contributed by atoms with Crippen LogP contribution < -0.4 is 11.5 Å². The Balaban J connectivity index is 2.84. The predicted octanol–water partition coefficient (Wildman–Crippen LogP) is 2.09. The number of benzene rings is 1. The van der Waals surface area contributed by atoms with Crippen LogP contribution in [0.3, 0.4) is 0 Å². The van der Waals surface area contributed by atoms with Gasteiger partial charge in [-0.3, -0.25) is 0 Å². The highest BCUT2D eigenvalue weighted by Gasteiger charge is 2.16. The van der Waals surface area contributed by atoms with E-state index in [2.05, 4.69) is 32.6 Å². The van der Waals surface area contributed by atoms with Crippen LogP contribution in [0.2, 0.25) is 0 Å². The minimum Gasteiger partial charge on any atom is -0.382 e. The molecule has 0 saturated heterocycles. The van der Waals surface area contributed by atoms with Crippen molar-refractivity contribution in [1.29, 1.82) is 5.26 Å². The third-order valence-electron chi connectivity index (χ3n) is 2.52. The third kappa shape index (κ3) is 2.09. The molecule has 0 aliphatic carbocycles. The van der Waals surface area contributed by atoms with Gasteiger partial charge in [-0.15, -0.1) is 0 Å². The van der Waals surface area contributed by atoms with Gasteiger partial charge in [0.05, 0.1) is 5.69 Å². The molecule has 0 bridgehead atoms. The van der Waals surface area contributed by atoms with Crippen molar-refractivity contribution in [2.45, 2.75) is 6.92 Å². The Hall–Kier alpha value is -1.88. The first-order valence-corrected chi connectivity index (χ1v) is 6.21. The summed E-state index contributed by atoms with van der Waals surface area (Å²) in [6.45, 7) is 1.95. The Kier molecular flexibility index (Phi) is 3.34. The van der Waals surface area contributed by atoms with Crippen molar-refractivity contribution in [3.8, 4) is 17.3 Å². The van der Waals surface area contributed by atoms with Crippen LogP contribution in [0.5, 0.6) is 0 Å². The number of halogens is 1. The molecular weight excluding hydrogens is 341 g/mol. The number of nitrogen functional groups attached to an aromatic ring is 2.